The van der Waals surface area contributed by atoms with Gasteiger partial charge in [-0.25, -0.2) is 0 Å². The number of rotatable bonds is 6. The van der Waals surface area contributed by atoms with Gasteiger partial charge in [0.25, 0.3) is 0 Å². The molecule has 0 saturated heterocycles. The van der Waals surface area contributed by atoms with Gasteiger partial charge in [-0.2, -0.15) is 0 Å². The summed E-state index contributed by atoms with van der Waals surface area (Å²) < 4.78 is 2.12. The van der Waals surface area contributed by atoms with E-state index in [0.717, 1.165) is 32.9 Å². The van der Waals surface area contributed by atoms with Crippen molar-refractivity contribution in [3.05, 3.63) is 47.5 Å². The number of benzene rings is 2. The summed E-state index contributed by atoms with van der Waals surface area (Å²) in [4.78, 5) is 0. The number of fused-ring (bicyclic) bond motifs is 3. The maximum absolute atomic E-state index is 9.41. The highest BCUT2D eigenvalue weighted by Crippen LogP contribution is 2.32. The average molecular weight is 299 g/mol. The molecule has 3 rings (SSSR count). The molecule has 0 aliphatic carbocycles. The summed E-state index contributed by atoms with van der Waals surface area (Å²) in [5.41, 5.74) is 4.30. The second-order valence-electron chi connectivity index (χ2n) is 5.49. The van der Waals surface area contributed by atoms with Crippen LogP contribution in [0.1, 0.15) is 11.1 Å². The topological polar surface area (TPSA) is 65.6 Å². The van der Waals surface area contributed by atoms with E-state index in [2.05, 4.69) is 28.8 Å². The second kappa shape index (κ2) is 6.48. The highest BCUT2D eigenvalue weighted by Gasteiger charge is 2.14. The molecule has 116 valence electrons. The molecule has 0 aliphatic rings. The summed E-state index contributed by atoms with van der Waals surface area (Å²) in [7, 11) is 0. The minimum atomic E-state index is 0.0741. The number of aromatic nitrogens is 1. The minimum Gasteiger partial charge on any atom is -0.396 e. The van der Waals surface area contributed by atoms with E-state index in [-0.39, 0.29) is 19.8 Å². The van der Waals surface area contributed by atoms with Crippen LogP contribution in [-0.2, 0) is 19.4 Å². The van der Waals surface area contributed by atoms with Crippen molar-refractivity contribution in [1.82, 2.24) is 4.57 Å². The molecule has 4 heteroatoms. The number of hydrogen-bond donors (Lipinski definition) is 3. The molecule has 0 unspecified atom stereocenters. The zero-order valence-corrected chi connectivity index (χ0v) is 12.5. The summed E-state index contributed by atoms with van der Waals surface area (Å²) in [6, 6.07) is 12.3. The molecule has 3 N–H and O–H groups in total. The Morgan fingerprint density at radius 1 is 0.818 bits per heavy atom. The first-order valence-corrected chi connectivity index (χ1v) is 7.65. The van der Waals surface area contributed by atoms with Crippen molar-refractivity contribution in [3.8, 4) is 0 Å². The Bertz CT molecular complexity index is 792. The molecule has 0 fully saturated rings. The van der Waals surface area contributed by atoms with E-state index >= 15 is 0 Å². The fraction of sp³-hybridized carbons (Fsp3) is 0.333. The maximum Gasteiger partial charge on any atom is 0.0610 e. The Kier molecular flexibility index (Phi) is 4.43. The third kappa shape index (κ3) is 2.50. The van der Waals surface area contributed by atoms with Gasteiger partial charge in [0.2, 0.25) is 0 Å². The van der Waals surface area contributed by atoms with Gasteiger partial charge < -0.3 is 19.9 Å². The van der Waals surface area contributed by atoms with Crippen LogP contribution in [0.2, 0.25) is 0 Å². The highest BCUT2D eigenvalue weighted by atomic mass is 16.3. The first-order chi connectivity index (χ1) is 10.8. The summed E-state index contributed by atoms with van der Waals surface area (Å²) in [6.45, 7) is 0.796. The number of hydrogen-bond acceptors (Lipinski definition) is 3. The van der Waals surface area contributed by atoms with E-state index in [1.165, 1.54) is 0 Å². The Morgan fingerprint density at radius 3 is 2.32 bits per heavy atom. The molecule has 0 amide bonds. The molecule has 0 bridgehead atoms. The molecule has 0 spiro atoms. The average Bonchev–Trinajstić information content (AvgIpc) is 2.83. The lowest BCUT2D eigenvalue weighted by Gasteiger charge is -2.11. The van der Waals surface area contributed by atoms with Gasteiger partial charge in [0.15, 0.2) is 0 Å². The van der Waals surface area contributed by atoms with Crippen molar-refractivity contribution in [3.63, 3.8) is 0 Å². The van der Waals surface area contributed by atoms with Crippen LogP contribution in [0.15, 0.2) is 36.4 Å². The Labute approximate surface area is 129 Å². The molecule has 4 nitrogen and oxygen atoms in total. The van der Waals surface area contributed by atoms with Crippen LogP contribution in [0, 0.1) is 0 Å². The quantitative estimate of drug-likeness (QED) is 0.651. The first kappa shape index (κ1) is 15.0. The van der Waals surface area contributed by atoms with Gasteiger partial charge in [0.05, 0.1) is 12.1 Å². The lowest BCUT2D eigenvalue weighted by atomic mass is 10.0. The molecule has 0 atom stereocenters. The monoisotopic (exact) mass is 299 g/mol. The van der Waals surface area contributed by atoms with Crippen molar-refractivity contribution in [2.75, 3.05) is 19.8 Å². The molecular formula is C18H21NO3. The van der Waals surface area contributed by atoms with Crippen molar-refractivity contribution in [1.29, 1.82) is 0 Å². The van der Waals surface area contributed by atoms with Crippen LogP contribution in [-0.4, -0.2) is 39.7 Å². The van der Waals surface area contributed by atoms with Crippen LogP contribution >= 0.6 is 0 Å². The number of nitrogens with zero attached hydrogens (tertiary/aromatic N) is 1. The zero-order chi connectivity index (χ0) is 15.5. The SMILES string of the molecule is OCCc1cc(CCO)c2c(c1)c1ccccc1n2CCO. The van der Waals surface area contributed by atoms with Crippen molar-refractivity contribution in [2.45, 2.75) is 19.4 Å². The number of aliphatic hydroxyl groups is 3. The van der Waals surface area contributed by atoms with Crippen molar-refractivity contribution >= 4 is 21.8 Å². The Hall–Kier alpha value is -1.88. The molecule has 2 aromatic carbocycles. The van der Waals surface area contributed by atoms with Crippen LogP contribution in [0.5, 0.6) is 0 Å². The van der Waals surface area contributed by atoms with Crippen LogP contribution in [0.3, 0.4) is 0 Å². The normalized spacial score (nSPS) is 11.6. The predicted octanol–water partition coefficient (Wildman–Crippen LogP) is 1.86. The standard InChI is InChI=1S/C18H21NO3/c20-8-5-13-11-14(6-9-21)18-16(12-13)15-3-1-2-4-17(15)19(18)7-10-22/h1-4,11-12,20-22H,5-10H2. The van der Waals surface area contributed by atoms with Crippen LogP contribution < -0.4 is 0 Å². The fourth-order valence-corrected chi connectivity index (χ4v) is 3.26. The number of aliphatic hydroxyl groups excluding tert-OH is 3. The fourth-order valence-electron chi connectivity index (χ4n) is 3.26. The van der Waals surface area contributed by atoms with Crippen molar-refractivity contribution in [2.24, 2.45) is 0 Å². The number of para-hydroxylation sites is 1. The van der Waals surface area contributed by atoms with Crippen LogP contribution in [0.25, 0.3) is 21.8 Å². The molecule has 22 heavy (non-hydrogen) atoms. The molecule has 3 aromatic rings. The van der Waals surface area contributed by atoms with Gasteiger partial charge in [-0.15, -0.1) is 0 Å². The first-order valence-electron chi connectivity index (χ1n) is 7.65. The molecule has 0 aliphatic heterocycles. The smallest absolute Gasteiger partial charge is 0.0610 e. The van der Waals surface area contributed by atoms with Crippen molar-refractivity contribution < 1.29 is 15.3 Å². The minimum absolute atomic E-state index is 0.0741. The lowest BCUT2D eigenvalue weighted by Crippen LogP contribution is -2.05. The van der Waals surface area contributed by atoms with Crippen LogP contribution in [0.4, 0.5) is 0 Å². The Morgan fingerprint density at radius 2 is 1.59 bits per heavy atom. The van der Waals surface area contributed by atoms with Gasteiger partial charge in [0, 0.05) is 36.0 Å². The Balaban J connectivity index is 2.38. The molecule has 0 radical (unpaired) electrons. The highest BCUT2D eigenvalue weighted by molar-refractivity contribution is 6.09. The van der Waals surface area contributed by atoms with E-state index in [4.69, 9.17) is 0 Å². The third-order valence-corrected chi connectivity index (χ3v) is 4.11. The van der Waals surface area contributed by atoms with E-state index in [1.54, 1.807) is 0 Å². The molecular weight excluding hydrogens is 278 g/mol. The predicted molar refractivity (Wildman–Crippen MR) is 88.1 cm³/mol. The van der Waals surface area contributed by atoms with Gasteiger partial charge in [0.1, 0.15) is 0 Å². The third-order valence-electron chi connectivity index (χ3n) is 4.11. The van der Waals surface area contributed by atoms with E-state index in [0.29, 0.717) is 19.4 Å². The van der Waals surface area contributed by atoms with E-state index in [1.807, 2.05) is 12.1 Å². The summed E-state index contributed by atoms with van der Waals surface area (Å²) >= 11 is 0. The maximum atomic E-state index is 9.41. The summed E-state index contributed by atoms with van der Waals surface area (Å²) in [5, 5.41) is 30.3. The molecule has 1 heterocycles. The molecule has 1 aromatic heterocycles. The van der Waals surface area contributed by atoms with Gasteiger partial charge in [-0.05, 0) is 36.1 Å². The summed E-state index contributed by atoms with van der Waals surface area (Å²) in [5.74, 6) is 0. The van der Waals surface area contributed by atoms with E-state index in [9.17, 15) is 15.3 Å². The lowest BCUT2D eigenvalue weighted by molar-refractivity contribution is 0.279. The van der Waals surface area contributed by atoms with Gasteiger partial charge >= 0.3 is 0 Å². The zero-order valence-electron chi connectivity index (χ0n) is 12.5. The second-order valence-corrected chi connectivity index (χ2v) is 5.49. The van der Waals surface area contributed by atoms with Gasteiger partial charge in [-0.1, -0.05) is 24.3 Å². The van der Waals surface area contributed by atoms with Gasteiger partial charge in [-0.3, -0.25) is 0 Å². The molecule has 0 saturated carbocycles. The largest absolute Gasteiger partial charge is 0.396 e. The van der Waals surface area contributed by atoms with E-state index < -0.39 is 0 Å². The summed E-state index contributed by atoms with van der Waals surface area (Å²) in [6.07, 6.45) is 1.17.